The summed E-state index contributed by atoms with van der Waals surface area (Å²) in [6, 6.07) is 13.8. The van der Waals surface area contributed by atoms with Crippen molar-refractivity contribution in [3.63, 3.8) is 0 Å². The van der Waals surface area contributed by atoms with Gasteiger partial charge in [-0.3, -0.25) is 19.7 Å². The summed E-state index contributed by atoms with van der Waals surface area (Å²) in [5, 5.41) is 22.2. The maximum atomic E-state index is 12.9. The van der Waals surface area contributed by atoms with Gasteiger partial charge in [-0.15, -0.1) is 0 Å². The van der Waals surface area contributed by atoms with Crippen LogP contribution in [0.1, 0.15) is 42.8 Å². The van der Waals surface area contributed by atoms with Gasteiger partial charge in [-0.05, 0) is 37.3 Å². The van der Waals surface area contributed by atoms with Crippen molar-refractivity contribution in [3.8, 4) is 17.1 Å². The van der Waals surface area contributed by atoms with Crippen molar-refractivity contribution in [2.24, 2.45) is 0 Å². The van der Waals surface area contributed by atoms with Gasteiger partial charge >= 0.3 is 0 Å². The molecule has 0 unspecified atom stereocenters. The molecule has 4 rings (SSSR count). The summed E-state index contributed by atoms with van der Waals surface area (Å²) in [5.74, 6) is 0.176. The molecule has 0 aliphatic rings. The summed E-state index contributed by atoms with van der Waals surface area (Å²) in [6.07, 6.45) is 0. The van der Waals surface area contributed by atoms with Gasteiger partial charge in [0.1, 0.15) is 5.69 Å². The van der Waals surface area contributed by atoms with Gasteiger partial charge in [0.05, 0.1) is 4.92 Å². The molecule has 4 aromatic rings. The van der Waals surface area contributed by atoms with E-state index in [2.05, 4.69) is 20.6 Å². The molecule has 0 radical (unpaired) electrons. The van der Waals surface area contributed by atoms with Crippen LogP contribution in [0, 0.1) is 17.0 Å². The highest BCUT2D eigenvalue weighted by atomic mass is 16.6. The zero-order valence-corrected chi connectivity index (χ0v) is 19.5. The lowest BCUT2D eigenvalue weighted by Crippen LogP contribution is -2.27. The Labute approximate surface area is 199 Å². The molecule has 11 heteroatoms. The van der Waals surface area contributed by atoms with Gasteiger partial charge in [-0.1, -0.05) is 38.1 Å². The summed E-state index contributed by atoms with van der Waals surface area (Å²) < 4.78 is 6.52. The Kier molecular flexibility index (Phi) is 6.00. The van der Waals surface area contributed by atoms with Gasteiger partial charge in [0.15, 0.2) is 5.69 Å². The number of nitro benzene ring substituents is 1. The number of hydrogen-bond acceptors (Lipinski definition) is 8. The van der Waals surface area contributed by atoms with Crippen molar-refractivity contribution in [2.45, 2.75) is 33.1 Å². The molecule has 0 atom stereocenters. The average Bonchev–Trinajstić information content (AvgIpc) is 3.31. The second-order valence-corrected chi connectivity index (χ2v) is 8.86. The fraction of sp³-hybridized carbons (Fsp3) is 0.208. The van der Waals surface area contributed by atoms with Gasteiger partial charge in [0, 0.05) is 34.5 Å². The van der Waals surface area contributed by atoms with Gasteiger partial charge in [-0.2, -0.15) is 10.1 Å². The average molecular weight is 474 g/mol. The number of hydrogen-bond donors (Lipinski definition) is 1. The van der Waals surface area contributed by atoms with Crippen LogP contribution in [0.4, 0.5) is 11.4 Å². The van der Waals surface area contributed by atoms with Crippen LogP contribution >= 0.6 is 0 Å². The van der Waals surface area contributed by atoms with Crippen LogP contribution in [0.2, 0.25) is 0 Å². The number of anilines is 1. The van der Waals surface area contributed by atoms with Crippen molar-refractivity contribution in [3.05, 3.63) is 92.2 Å². The molecule has 35 heavy (non-hydrogen) atoms. The summed E-state index contributed by atoms with van der Waals surface area (Å²) in [5.41, 5.74) is 0.103. The third-order valence-electron chi connectivity index (χ3n) is 5.10. The van der Waals surface area contributed by atoms with E-state index in [9.17, 15) is 19.7 Å². The first-order valence-electron chi connectivity index (χ1n) is 10.7. The van der Waals surface area contributed by atoms with E-state index < -0.39 is 22.0 Å². The van der Waals surface area contributed by atoms with Crippen LogP contribution in [-0.2, 0) is 5.41 Å². The molecule has 1 amide bonds. The van der Waals surface area contributed by atoms with E-state index in [1.807, 2.05) is 20.8 Å². The van der Waals surface area contributed by atoms with Crippen LogP contribution in [0.3, 0.4) is 0 Å². The van der Waals surface area contributed by atoms with E-state index in [-0.39, 0.29) is 16.8 Å². The van der Waals surface area contributed by atoms with Crippen molar-refractivity contribution in [2.75, 3.05) is 5.32 Å². The Morgan fingerprint density at radius 2 is 1.80 bits per heavy atom. The predicted molar refractivity (Wildman–Crippen MR) is 128 cm³/mol. The zero-order chi connectivity index (χ0) is 25.3. The molecule has 0 aliphatic heterocycles. The fourth-order valence-electron chi connectivity index (χ4n) is 3.28. The number of benzene rings is 2. The highest BCUT2D eigenvalue weighted by Crippen LogP contribution is 2.25. The first kappa shape index (κ1) is 23.5. The third-order valence-corrected chi connectivity index (χ3v) is 5.10. The number of para-hydroxylation sites is 2. The van der Waals surface area contributed by atoms with Crippen LogP contribution in [0.15, 0.2) is 63.9 Å². The molecule has 0 bridgehead atoms. The van der Waals surface area contributed by atoms with Gasteiger partial charge in [-0.25, -0.2) is 4.68 Å². The molecule has 2 heterocycles. The molecule has 0 aliphatic carbocycles. The van der Waals surface area contributed by atoms with E-state index in [0.29, 0.717) is 28.7 Å². The number of nitrogens with zero attached hydrogens (tertiary/aromatic N) is 5. The van der Waals surface area contributed by atoms with Crippen molar-refractivity contribution in [1.29, 1.82) is 0 Å². The molecule has 1 N–H and O–H groups in total. The Bertz CT molecular complexity index is 1480. The number of nitrogens with one attached hydrogen (secondary N) is 1. The van der Waals surface area contributed by atoms with Crippen LogP contribution in [0.5, 0.6) is 0 Å². The lowest BCUT2D eigenvalue weighted by molar-refractivity contribution is -0.384. The van der Waals surface area contributed by atoms with Crippen molar-refractivity contribution < 1.29 is 14.2 Å². The lowest BCUT2D eigenvalue weighted by atomic mass is 9.97. The number of carbonyl (C=O) groups excluding carboxylic acids is 1. The maximum absolute atomic E-state index is 12.9. The van der Waals surface area contributed by atoms with E-state index in [4.69, 9.17) is 4.52 Å². The van der Waals surface area contributed by atoms with E-state index in [1.165, 1.54) is 28.9 Å². The maximum Gasteiger partial charge on any atom is 0.294 e. The SMILES string of the molecule is Cc1cc(=O)c(C(=O)Nc2ccc(-c3noc(C(C)(C)C)n3)cc2)nn1-c1ccccc1[N+](=O)[O-]. The standard InChI is InChI=1S/C24H22N6O5/c1-14-13-19(31)20(27-29(14)17-7-5-6-8-18(17)30(33)34)22(32)25-16-11-9-15(10-12-16)21-26-23(35-28-21)24(2,3)4/h5-13H,1-4H3,(H,25,32). The molecule has 0 spiro atoms. The Hall–Kier alpha value is -4.67. The minimum Gasteiger partial charge on any atom is -0.338 e. The molecule has 2 aromatic carbocycles. The molecule has 0 fully saturated rings. The molecule has 2 aromatic heterocycles. The summed E-state index contributed by atoms with van der Waals surface area (Å²) in [4.78, 5) is 40.6. The normalized spacial score (nSPS) is 11.3. The Morgan fingerprint density at radius 1 is 1.11 bits per heavy atom. The smallest absolute Gasteiger partial charge is 0.294 e. The van der Waals surface area contributed by atoms with Crippen molar-refractivity contribution in [1.82, 2.24) is 19.9 Å². The van der Waals surface area contributed by atoms with E-state index in [1.54, 1.807) is 37.3 Å². The number of amides is 1. The third kappa shape index (κ3) is 4.83. The summed E-state index contributed by atoms with van der Waals surface area (Å²) in [6.45, 7) is 7.47. The highest BCUT2D eigenvalue weighted by molar-refractivity contribution is 6.02. The van der Waals surface area contributed by atoms with Gasteiger partial charge < -0.3 is 9.84 Å². The van der Waals surface area contributed by atoms with E-state index in [0.717, 1.165) is 0 Å². The minimum atomic E-state index is -0.746. The quantitative estimate of drug-likeness (QED) is 0.337. The largest absolute Gasteiger partial charge is 0.338 e. The number of nitro groups is 1. The number of aromatic nitrogens is 4. The van der Waals surface area contributed by atoms with Crippen LogP contribution in [-0.4, -0.2) is 30.8 Å². The van der Waals surface area contributed by atoms with Gasteiger partial charge in [0.2, 0.25) is 17.1 Å². The highest BCUT2D eigenvalue weighted by Gasteiger charge is 2.23. The van der Waals surface area contributed by atoms with E-state index >= 15 is 0 Å². The summed E-state index contributed by atoms with van der Waals surface area (Å²) in [7, 11) is 0. The summed E-state index contributed by atoms with van der Waals surface area (Å²) >= 11 is 0. The monoisotopic (exact) mass is 474 g/mol. The first-order valence-corrected chi connectivity index (χ1v) is 10.7. The van der Waals surface area contributed by atoms with Crippen molar-refractivity contribution >= 4 is 17.3 Å². The predicted octanol–water partition coefficient (Wildman–Crippen LogP) is 4.05. The molecular weight excluding hydrogens is 452 g/mol. The molecule has 11 nitrogen and oxygen atoms in total. The molecule has 178 valence electrons. The second kappa shape index (κ2) is 8.93. The van der Waals surface area contributed by atoms with Crippen LogP contribution in [0.25, 0.3) is 17.1 Å². The molecule has 0 saturated heterocycles. The number of aryl methyl sites for hydroxylation is 1. The van der Waals surface area contributed by atoms with Crippen LogP contribution < -0.4 is 10.7 Å². The molecular formula is C24H22N6O5. The minimum absolute atomic E-state index is 0.142. The number of rotatable bonds is 5. The molecule has 0 saturated carbocycles. The zero-order valence-electron chi connectivity index (χ0n) is 19.5. The first-order chi connectivity index (χ1) is 16.5. The Balaban J connectivity index is 1.60. The topological polar surface area (TPSA) is 146 Å². The lowest BCUT2D eigenvalue weighted by Gasteiger charge is -2.11. The number of carbonyl (C=O) groups is 1. The van der Waals surface area contributed by atoms with Gasteiger partial charge in [0.25, 0.3) is 11.6 Å². The second-order valence-electron chi connectivity index (χ2n) is 8.86. The fourth-order valence-corrected chi connectivity index (χ4v) is 3.28. The Morgan fingerprint density at radius 3 is 2.43 bits per heavy atom.